The van der Waals surface area contributed by atoms with Gasteiger partial charge in [-0.1, -0.05) is 59.6 Å². The van der Waals surface area contributed by atoms with Crippen LogP contribution < -0.4 is 0 Å². The minimum atomic E-state index is -0.424. The van der Waals surface area contributed by atoms with Crippen molar-refractivity contribution in [2.45, 2.75) is 0 Å². The molecule has 0 radical (unpaired) electrons. The third kappa shape index (κ3) is 5.32. The van der Waals surface area contributed by atoms with E-state index in [1.54, 1.807) is 12.1 Å². The van der Waals surface area contributed by atoms with E-state index in [1.807, 2.05) is 72.8 Å². The van der Waals surface area contributed by atoms with Crippen molar-refractivity contribution < 1.29 is 4.92 Å². The average Bonchev–Trinajstić information content (AvgIpc) is 3.21. The number of aromatic nitrogens is 2. The molecule has 0 aliphatic heterocycles. The standard InChI is InChI=1S/C25H17Cl2N3O2/c26-20-9-1-17(2-10-20)5-15-23-24(16-6-18-3-11-21(27)12-4-18)29-25(28-23)19-7-13-22(14-8-19)30(31)32/h1-16H,(H,28,29). The fraction of sp³-hybridized carbons (Fsp3) is 0. The van der Waals surface area contributed by atoms with E-state index >= 15 is 0 Å². The van der Waals surface area contributed by atoms with E-state index in [4.69, 9.17) is 28.2 Å². The zero-order chi connectivity index (χ0) is 22.5. The van der Waals surface area contributed by atoms with Gasteiger partial charge in [0.1, 0.15) is 5.82 Å². The third-order valence-corrected chi connectivity index (χ3v) is 5.23. The molecule has 1 heterocycles. The highest BCUT2D eigenvalue weighted by atomic mass is 35.5. The molecule has 0 saturated carbocycles. The largest absolute Gasteiger partial charge is 0.338 e. The first-order chi connectivity index (χ1) is 15.5. The number of nitro groups is 1. The Hall–Kier alpha value is -3.67. The lowest BCUT2D eigenvalue weighted by Crippen LogP contribution is -1.87. The Morgan fingerprint density at radius 1 is 0.750 bits per heavy atom. The molecule has 0 aliphatic carbocycles. The summed E-state index contributed by atoms with van der Waals surface area (Å²) in [4.78, 5) is 18.5. The summed E-state index contributed by atoms with van der Waals surface area (Å²) in [6.45, 7) is 0. The molecule has 32 heavy (non-hydrogen) atoms. The van der Waals surface area contributed by atoms with Crippen molar-refractivity contribution in [3.05, 3.63) is 115 Å². The summed E-state index contributed by atoms with van der Waals surface area (Å²) in [6, 6.07) is 21.3. The number of benzene rings is 3. The molecule has 5 nitrogen and oxygen atoms in total. The van der Waals surface area contributed by atoms with Gasteiger partial charge in [-0.3, -0.25) is 10.1 Å². The van der Waals surface area contributed by atoms with Gasteiger partial charge in [0.2, 0.25) is 0 Å². The number of hydrogen-bond acceptors (Lipinski definition) is 3. The predicted octanol–water partition coefficient (Wildman–Crippen LogP) is 7.63. The molecular formula is C25H17Cl2N3O2. The Labute approximate surface area is 194 Å². The van der Waals surface area contributed by atoms with Gasteiger partial charge in [0, 0.05) is 27.7 Å². The molecular weight excluding hydrogens is 445 g/mol. The first-order valence-electron chi connectivity index (χ1n) is 9.70. The van der Waals surface area contributed by atoms with Crippen molar-refractivity contribution in [1.29, 1.82) is 0 Å². The van der Waals surface area contributed by atoms with Crippen LogP contribution in [0, 0.1) is 10.1 Å². The second-order valence-corrected chi connectivity index (χ2v) is 7.83. The molecule has 0 unspecified atom stereocenters. The fourth-order valence-corrected chi connectivity index (χ4v) is 3.29. The molecule has 7 heteroatoms. The predicted molar refractivity (Wildman–Crippen MR) is 131 cm³/mol. The van der Waals surface area contributed by atoms with E-state index in [9.17, 15) is 10.1 Å². The van der Waals surface area contributed by atoms with Crippen LogP contribution in [0.15, 0.2) is 72.8 Å². The quantitative estimate of drug-likeness (QED) is 0.237. The van der Waals surface area contributed by atoms with Crippen LogP contribution in [-0.2, 0) is 0 Å². The van der Waals surface area contributed by atoms with Gasteiger partial charge >= 0.3 is 0 Å². The van der Waals surface area contributed by atoms with Gasteiger partial charge in [0.25, 0.3) is 5.69 Å². The van der Waals surface area contributed by atoms with E-state index in [2.05, 4.69) is 4.98 Å². The van der Waals surface area contributed by atoms with Crippen molar-refractivity contribution >= 4 is 53.2 Å². The van der Waals surface area contributed by atoms with E-state index in [-0.39, 0.29) is 5.69 Å². The number of nitrogens with zero attached hydrogens (tertiary/aromatic N) is 2. The maximum atomic E-state index is 10.9. The Morgan fingerprint density at radius 2 is 1.28 bits per heavy atom. The van der Waals surface area contributed by atoms with Crippen LogP contribution in [0.4, 0.5) is 5.69 Å². The first-order valence-corrected chi connectivity index (χ1v) is 10.5. The van der Waals surface area contributed by atoms with E-state index < -0.39 is 4.92 Å². The highest BCUT2D eigenvalue weighted by Gasteiger charge is 2.10. The lowest BCUT2D eigenvalue weighted by atomic mass is 10.1. The number of hydrogen-bond donors (Lipinski definition) is 1. The number of rotatable bonds is 6. The molecule has 0 bridgehead atoms. The molecule has 0 fully saturated rings. The molecule has 0 aliphatic rings. The number of H-pyrrole nitrogens is 1. The molecule has 0 amide bonds. The lowest BCUT2D eigenvalue weighted by Gasteiger charge is -1.96. The summed E-state index contributed by atoms with van der Waals surface area (Å²) in [5.74, 6) is 0.617. The summed E-state index contributed by atoms with van der Waals surface area (Å²) in [5.41, 5.74) is 4.31. The van der Waals surface area contributed by atoms with Gasteiger partial charge < -0.3 is 4.98 Å². The minimum Gasteiger partial charge on any atom is -0.338 e. The summed E-state index contributed by atoms with van der Waals surface area (Å²) < 4.78 is 0. The normalized spacial score (nSPS) is 11.4. The molecule has 0 spiro atoms. The van der Waals surface area contributed by atoms with Gasteiger partial charge in [-0.15, -0.1) is 0 Å². The molecule has 4 aromatic rings. The summed E-state index contributed by atoms with van der Waals surface area (Å²) >= 11 is 11.9. The molecule has 1 aromatic heterocycles. The number of non-ortho nitro benzene ring substituents is 1. The van der Waals surface area contributed by atoms with Gasteiger partial charge in [0.05, 0.1) is 16.3 Å². The fourth-order valence-electron chi connectivity index (χ4n) is 3.03. The number of halogens is 2. The van der Waals surface area contributed by atoms with Crippen molar-refractivity contribution in [3.8, 4) is 11.4 Å². The zero-order valence-corrected chi connectivity index (χ0v) is 18.2. The van der Waals surface area contributed by atoms with Crippen LogP contribution in [0.2, 0.25) is 10.0 Å². The van der Waals surface area contributed by atoms with Crippen LogP contribution in [0.25, 0.3) is 35.7 Å². The van der Waals surface area contributed by atoms with Crippen LogP contribution in [-0.4, -0.2) is 14.9 Å². The van der Waals surface area contributed by atoms with Gasteiger partial charge in [-0.2, -0.15) is 0 Å². The van der Waals surface area contributed by atoms with Crippen molar-refractivity contribution in [1.82, 2.24) is 9.97 Å². The Bertz CT molecular complexity index is 1220. The van der Waals surface area contributed by atoms with Crippen molar-refractivity contribution in [2.75, 3.05) is 0 Å². The van der Waals surface area contributed by atoms with Gasteiger partial charge in [0.15, 0.2) is 0 Å². The minimum absolute atomic E-state index is 0.0334. The maximum absolute atomic E-state index is 10.9. The number of aromatic amines is 1. The molecule has 0 atom stereocenters. The number of nitro benzene ring substituents is 1. The van der Waals surface area contributed by atoms with Gasteiger partial charge in [-0.05, 0) is 59.7 Å². The second-order valence-electron chi connectivity index (χ2n) is 6.96. The highest BCUT2D eigenvalue weighted by molar-refractivity contribution is 6.30. The highest BCUT2D eigenvalue weighted by Crippen LogP contribution is 2.24. The monoisotopic (exact) mass is 461 g/mol. The zero-order valence-electron chi connectivity index (χ0n) is 16.7. The topological polar surface area (TPSA) is 71.8 Å². The average molecular weight is 462 g/mol. The SMILES string of the molecule is O=[N+]([O-])c1ccc(-c2nc(C=Cc3ccc(Cl)cc3)c(C=Cc3ccc(Cl)cc3)[nH]2)cc1. The molecule has 1 N–H and O–H groups in total. The molecule has 3 aromatic carbocycles. The van der Waals surface area contributed by atoms with Crippen molar-refractivity contribution in [3.63, 3.8) is 0 Å². The Kier molecular flexibility index (Phi) is 6.50. The maximum Gasteiger partial charge on any atom is 0.269 e. The Morgan fingerprint density at radius 3 is 1.81 bits per heavy atom. The lowest BCUT2D eigenvalue weighted by molar-refractivity contribution is -0.384. The second kappa shape index (κ2) is 9.64. The number of nitrogens with one attached hydrogen (secondary N) is 1. The molecule has 0 saturated heterocycles. The summed E-state index contributed by atoms with van der Waals surface area (Å²) in [5, 5.41) is 12.3. The van der Waals surface area contributed by atoms with E-state index in [0.29, 0.717) is 15.9 Å². The third-order valence-electron chi connectivity index (χ3n) is 4.73. The van der Waals surface area contributed by atoms with Crippen LogP contribution in [0.3, 0.4) is 0 Å². The smallest absolute Gasteiger partial charge is 0.269 e. The Balaban J connectivity index is 1.69. The summed E-state index contributed by atoms with van der Waals surface area (Å²) in [7, 11) is 0. The first kappa shape index (κ1) is 21.6. The van der Waals surface area contributed by atoms with Crippen LogP contribution in [0.5, 0.6) is 0 Å². The van der Waals surface area contributed by atoms with Gasteiger partial charge in [-0.25, -0.2) is 4.98 Å². The van der Waals surface area contributed by atoms with E-state index in [0.717, 1.165) is 28.1 Å². The summed E-state index contributed by atoms with van der Waals surface area (Å²) in [6.07, 6.45) is 7.76. The number of imidazole rings is 1. The van der Waals surface area contributed by atoms with Crippen LogP contribution in [0.1, 0.15) is 22.5 Å². The van der Waals surface area contributed by atoms with Crippen LogP contribution >= 0.6 is 23.2 Å². The molecule has 4 rings (SSSR count). The van der Waals surface area contributed by atoms with Crippen molar-refractivity contribution in [2.24, 2.45) is 0 Å². The van der Waals surface area contributed by atoms with E-state index in [1.165, 1.54) is 12.1 Å². The molecule has 158 valence electrons.